The van der Waals surface area contributed by atoms with E-state index in [9.17, 15) is 0 Å². The van der Waals surface area contributed by atoms with Crippen molar-refractivity contribution in [1.29, 1.82) is 0 Å². The van der Waals surface area contributed by atoms with Crippen LogP contribution >= 0.6 is 11.6 Å². The Morgan fingerprint density at radius 3 is 2.67 bits per heavy atom. The maximum absolute atomic E-state index is 6.01. The van der Waals surface area contributed by atoms with Crippen LogP contribution in [0.1, 0.15) is 39.5 Å². The highest BCUT2D eigenvalue weighted by Gasteiger charge is 2.28. The van der Waals surface area contributed by atoms with Gasteiger partial charge >= 0.3 is 0 Å². The SMILES string of the molecule is CCNC(C)C(c1nc(-c2cccc(Cl)c2)no1)C(C)C. The van der Waals surface area contributed by atoms with Crippen molar-refractivity contribution in [3.63, 3.8) is 0 Å². The molecule has 4 nitrogen and oxygen atoms in total. The van der Waals surface area contributed by atoms with Gasteiger partial charge in [-0.1, -0.05) is 49.7 Å². The highest BCUT2D eigenvalue weighted by atomic mass is 35.5. The van der Waals surface area contributed by atoms with Crippen molar-refractivity contribution in [2.45, 2.75) is 39.7 Å². The van der Waals surface area contributed by atoms with Crippen molar-refractivity contribution < 1.29 is 4.52 Å². The maximum atomic E-state index is 6.01. The Balaban J connectivity index is 2.28. The van der Waals surface area contributed by atoms with Crippen LogP contribution < -0.4 is 5.32 Å². The van der Waals surface area contributed by atoms with Crippen LogP contribution in [0.2, 0.25) is 5.02 Å². The van der Waals surface area contributed by atoms with Gasteiger partial charge in [0.05, 0.1) is 5.92 Å². The Bertz CT molecular complexity index is 582. The minimum atomic E-state index is 0.186. The van der Waals surface area contributed by atoms with E-state index in [-0.39, 0.29) is 12.0 Å². The van der Waals surface area contributed by atoms with Gasteiger partial charge in [0, 0.05) is 16.6 Å². The molecule has 0 spiro atoms. The van der Waals surface area contributed by atoms with E-state index in [1.54, 1.807) is 0 Å². The lowest BCUT2D eigenvalue weighted by Gasteiger charge is -2.24. The summed E-state index contributed by atoms with van der Waals surface area (Å²) in [5.74, 6) is 1.85. The summed E-state index contributed by atoms with van der Waals surface area (Å²) in [4.78, 5) is 4.57. The summed E-state index contributed by atoms with van der Waals surface area (Å²) in [6.45, 7) is 9.50. The fourth-order valence-corrected chi connectivity index (χ4v) is 2.83. The zero-order valence-corrected chi connectivity index (χ0v) is 13.7. The number of benzene rings is 1. The van der Waals surface area contributed by atoms with Gasteiger partial charge in [-0.2, -0.15) is 4.98 Å². The maximum Gasteiger partial charge on any atom is 0.231 e. The first-order valence-electron chi connectivity index (χ1n) is 7.35. The minimum Gasteiger partial charge on any atom is -0.339 e. The largest absolute Gasteiger partial charge is 0.339 e. The normalized spacial score (nSPS) is 14.4. The highest BCUT2D eigenvalue weighted by molar-refractivity contribution is 6.30. The van der Waals surface area contributed by atoms with E-state index in [1.165, 1.54) is 0 Å². The van der Waals surface area contributed by atoms with E-state index in [0.717, 1.165) is 12.1 Å². The molecule has 0 bridgehead atoms. The second kappa shape index (κ2) is 7.05. The van der Waals surface area contributed by atoms with Gasteiger partial charge in [0.1, 0.15) is 0 Å². The lowest BCUT2D eigenvalue weighted by atomic mass is 9.89. The number of aromatic nitrogens is 2. The van der Waals surface area contributed by atoms with Crippen LogP contribution in [-0.4, -0.2) is 22.7 Å². The van der Waals surface area contributed by atoms with E-state index in [1.807, 2.05) is 24.3 Å². The third-order valence-corrected chi connectivity index (χ3v) is 3.83. The third-order valence-electron chi connectivity index (χ3n) is 3.59. The molecule has 0 aliphatic carbocycles. The first-order chi connectivity index (χ1) is 10.0. The molecule has 5 heteroatoms. The van der Waals surface area contributed by atoms with E-state index in [2.05, 4.69) is 43.2 Å². The van der Waals surface area contributed by atoms with Gasteiger partial charge in [0.15, 0.2) is 0 Å². The molecule has 21 heavy (non-hydrogen) atoms. The Morgan fingerprint density at radius 1 is 1.29 bits per heavy atom. The monoisotopic (exact) mass is 307 g/mol. The van der Waals surface area contributed by atoms with Gasteiger partial charge in [-0.05, 0) is 31.5 Å². The van der Waals surface area contributed by atoms with Gasteiger partial charge < -0.3 is 9.84 Å². The van der Waals surface area contributed by atoms with Crippen molar-refractivity contribution in [3.05, 3.63) is 35.2 Å². The molecular formula is C16H22ClN3O. The second-order valence-corrected chi connectivity index (χ2v) is 6.02. The Hall–Kier alpha value is -1.39. The number of halogens is 1. The van der Waals surface area contributed by atoms with Crippen molar-refractivity contribution >= 4 is 11.6 Å². The molecule has 114 valence electrons. The van der Waals surface area contributed by atoms with E-state index >= 15 is 0 Å². The first kappa shape index (κ1) is 16.0. The number of hydrogen-bond donors (Lipinski definition) is 1. The van der Waals surface area contributed by atoms with Crippen LogP contribution in [0, 0.1) is 5.92 Å². The molecule has 1 aromatic heterocycles. The van der Waals surface area contributed by atoms with Crippen molar-refractivity contribution in [2.24, 2.45) is 5.92 Å². The Kier molecular flexibility index (Phi) is 5.37. The molecule has 2 aromatic rings. The molecule has 1 aromatic carbocycles. The summed E-state index contributed by atoms with van der Waals surface area (Å²) in [5.41, 5.74) is 0.871. The first-order valence-corrected chi connectivity index (χ1v) is 7.73. The summed E-state index contributed by atoms with van der Waals surface area (Å²) in [6.07, 6.45) is 0. The summed E-state index contributed by atoms with van der Waals surface area (Å²) in [5, 5.41) is 8.20. The zero-order chi connectivity index (χ0) is 15.4. The number of nitrogens with zero attached hydrogens (tertiary/aromatic N) is 2. The molecule has 1 N–H and O–H groups in total. The standard InChI is InChI=1S/C16H22ClN3O/c1-5-18-11(4)14(10(2)3)16-19-15(20-21-16)12-7-6-8-13(17)9-12/h6-11,14,18H,5H2,1-4H3. The van der Waals surface area contributed by atoms with Crippen molar-refractivity contribution in [3.8, 4) is 11.4 Å². The molecule has 0 amide bonds. The second-order valence-electron chi connectivity index (χ2n) is 5.58. The van der Waals surface area contributed by atoms with Gasteiger partial charge in [-0.15, -0.1) is 0 Å². The van der Waals surface area contributed by atoms with Gasteiger partial charge in [0.25, 0.3) is 0 Å². The van der Waals surface area contributed by atoms with Gasteiger partial charge in [-0.3, -0.25) is 0 Å². The Morgan fingerprint density at radius 2 is 2.05 bits per heavy atom. The average molecular weight is 308 g/mol. The fourth-order valence-electron chi connectivity index (χ4n) is 2.64. The molecule has 0 aliphatic heterocycles. The molecule has 2 rings (SSSR count). The molecule has 0 saturated carbocycles. The number of hydrogen-bond acceptors (Lipinski definition) is 4. The lowest BCUT2D eigenvalue weighted by Crippen LogP contribution is -2.34. The van der Waals surface area contributed by atoms with Crippen LogP contribution in [0.25, 0.3) is 11.4 Å². The molecular weight excluding hydrogens is 286 g/mol. The van der Waals surface area contributed by atoms with Crippen LogP contribution in [0.4, 0.5) is 0 Å². The minimum absolute atomic E-state index is 0.186. The topological polar surface area (TPSA) is 51.0 Å². The zero-order valence-electron chi connectivity index (χ0n) is 12.9. The summed E-state index contributed by atoms with van der Waals surface area (Å²) in [6, 6.07) is 7.76. The number of rotatable bonds is 6. The van der Waals surface area contributed by atoms with Gasteiger partial charge in [-0.25, -0.2) is 0 Å². The van der Waals surface area contributed by atoms with Crippen molar-refractivity contribution in [1.82, 2.24) is 15.5 Å². The van der Waals surface area contributed by atoms with Crippen LogP contribution in [0.3, 0.4) is 0 Å². The molecule has 2 atom stereocenters. The summed E-state index contributed by atoms with van der Waals surface area (Å²) < 4.78 is 5.51. The quantitative estimate of drug-likeness (QED) is 0.872. The molecule has 0 saturated heterocycles. The predicted octanol–water partition coefficient (Wildman–Crippen LogP) is 4.13. The molecule has 0 fully saturated rings. The average Bonchev–Trinajstić information content (AvgIpc) is 2.88. The van der Waals surface area contributed by atoms with E-state index in [4.69, 9.17) is 16.1 Å². The summed E-state index contributed by atoms with van der Waals surface area (Å²) >= 11 is 6.01. The van der Waals surface area contributed by atoms with E-state index in [0.29, 0.717) is 22.7 Å². The van der Waals surface area contributed by atoms with Crippen LogP contribution in [-0.2, 0) is 0 Å². The predicted molar refractivity (Wildman–Crippen MR) is 85.5 cm³/mol. The van der Waals surface area contributed by atoms with Crippen LogP contribution in [0.15, 0.2) is 28.8 Å². The smallest absolute Gasteiger partial charge is 0.231 e. The lowest BCUT2D eigenvalue weighted by molar-refractivity contribution is 0.281. The van der Waals surface area contributed by atoms with Crippen LogP contribution in [0.5, 0.6) is 0 Å². The Labute approximate surface area is 130 Å². The van der Waals surface area contributed by atoms with Gasteiger partial charge in [0.2, 0.25) is 11.7 Å². The highest BCUT2D eigenvalue weighted by Crippen LogP contribution is 2.29. The summed E-state index contributed by atoms with van der Waals surface area (Å²) in [7, 11) is 0. The number of nitrogens with one attached hydrogen (secondary N) is 1. The fraction of sp³-hybridized carbons (Fsp3) is 0.500. The van der Waals surface area contributed by atoms with E-state index < -0.39 is 0 Å². The molecule has 2 unspecified atom stereocenters. The number of likely N-dealkylation sites (N-methyl/N-ethyl adjacent to an activating group) is 1. The molecule has 1 heterocycles. The molecule has 0 aliphatic rings. The molecule has 0 radical (unpaired) electrons. The third kappa shape index (κ3) is 3.83. The van der Waals surface area contributed by atoms with Crippen molar-refractivity contribution in [2.75, 3.05) is 6.54 Å².